The maximum Gasteiger partial charge on any atom is 0.500 e. The van der Waals surface area contributed by atoms with Crippen LogP contribution in [0.15, 0.2) is 0 Å². The number of likely N-dealkylation sites (N-methyl/N-ethyl adjacent to an activating group) is 1. The Morgan fingerprint density at radius 3 is 1.15 bits per heavy atom. The number of hydrogen-bond acceptors (Lipinski definition) is 16. The van der Waals surface area contributed by atoms with Crippen LogP contribution in [0.25, 0.3) is 4.13 Å². The van der Waals surface area contributed by atoms with Crippen LogP contribution in [0.2, 0.25) is 12.1 Å². The van der Waals surface area contributed by atoms with Crippen molar-refractivity contribution in [2.75, 3.05) is 109 Å². The monoisotopic (exact) mass is 880 g/mol. The summed E-state index contributed by atoms with van der Waals surface area (Å²) in [6.07, 6.45) is 2.25. The Bertz CT molecular complexity index is 1180. The summed E-state index contributed by atoms with van der Waals surface area (Å²) in [6, 6.07) is 1.41. The van der Waals surface area contributed by atoms with Crippen molar-refractivity contribution >= 4 is 49.6 Å². The van der Waals surface area contributed by atoms with Crippen molar-refractivity contribution in [2.24, 2.45) is 0 Å². The number of rotatable bonds is 28. The molecule has 0 spiro atoms. The number of hydrogen-bond donors (Lipinski definition) is 2. The predicted molar refractivity (Wildman–Crippen MR) is 184 cm³/mol. The first-order chi connectivity index (χ1) is 24.8. The van der Waals surface area contributed by atoms with Gasteiger partial charge >= 0.3 is 40.6 Å². The summed E-state index contributed by atoms with van der Waals surface area (Å²) in [5.74, 6) is -0.481. The molecule has 0 aliphatic heterocycles. The fraction of sp³-hybridized carbons (Fsp3) is 0.923. The first-order valence-electron chi connectivity index (χ1n) is 16.0. The van der Waals surface area contributed by atoms with Crippen LogP contribution in [0, 0.1) is 0 Å². The number of carbonyl (C=O) groups excluding carboxylic acids is 2. The highest BCUT2D eigenvalue weighted by Crippen LogP contribution is 2.36. The van der Waals surface area contributed by atoms with Crippen LogP contribution in [0.4, 0.5) is 26.3 Å². The molecule has 18 nitrogen and oxygen atoms in total. The van der Waals surface area contributed by atoms with Gasteiger partial charge in [-0.05, 0) is 25.9 Å². The summed E-state index contributed by atoms with van der Waals surface area (Å²) in [5, 5.41) is 6.46. The van der Waals surface area contributed by atoms with Gasteiger partial charge in [-0.2, -0.15) is 26.3 Å². The van der Waals surface area contributed by atoms with Crippen molar-refractivity contribution in [3.8, 4) is 0 Å². The van der Waals surface area contributed by atoms with E-state index in [-0.39, 0.29) is 11.9 Å². The average Bonchev–Trinajstić information content (AvgIpc) is 3.07. The maximum absolute atomic E-state index is 12.0. The summed E-state index contributed by atoms with van der Waals surface area (Å²) in [5.41, 5.74) is -12.4. The lowest BCUT2D eigenvalue weighted by molar-refractivity contribution is -0.890. The minimum absolute atomic E-state index is 0.240. The minimum Gasteiger partial charge on any atom is -0.460 e. The summed E-state index contributed by atoms with van der Waals surface area (Å²) >= 11 is 0. The second-order valence-corrected chi connectivity index (χ2v) is 21.1. The molecule has 0 saturated heterocycles. The highest BCUT2D eigenvalue weighted by molar-refractivity contribution is 8.13. The van der Waals surface area contributed by atoms with E-state index in [0.29, 0.717) is 68.8 Å². The Morgan fingerprint density at radius 1 is 0.593 bits per heavy atom. The molecule has 0 radical (unpaired) electrons. The molecule has 0 aromatic carbocycles. The first-order valence-corrected chi connectivity index (χ1v) is 22.7. The van der Waals surface area contributed by atoms with Crippen LogP contribution in [0.1, 0.15) is 25.7 Å². The third-order valence-corrected chi connectivity index (χ3v) is 15.7. The van der Waals surface area contributed by atoms with E-state index < -0.39 is 48.7 Å². The normalized spacial score (nSPS) is 13.3. The van der Waals surface area contributed by atoms with Crippen molar-refractivity contribution in [1.29, 1.82) is 0 Å². The average molecular weight is 881 g/mol. The van der Waals surface area contributed by atoms with E-state index in [1.807, 2.05) is 14.1 Å². The standard InChI is InChI=1S/C24H54N3O10Si2.C2F6NO4S2/c1-27(2,17-19-36-23(28)11-15-25-13-9-21-38(30-3,31-4)32-5)18-20-37-24(29)12-16-26-14-10-22-39(33-6,34-7)35-8;3-1(4,5)14(10,11)9-15(12,13)2(6,7)8/h25-26H,9-22H2,1-8H3;/q+1;-1. The molecule has 0 unspecified atom stereocenters. The number of nitrogens with zero attached hydrogens (tertiary/aromatic N) is 2. The number of sulfonamides is 2. The van der Waals surface area contributed by atoms with Crippen LogP contribution < -0.4 is 10.6 Å². The molecule has 0 fully saturated rings. The third kappa shape index (κ3) is 22.3. The van der Waals surface area contributed by atoms with Gasteiger partial charge in [0, 0.05) is 67.8 Å². The molecule has 0 aromatic rings. The molecule has 54 heavy (non-hydrogen) atoms. The van der Waals surface area contributed by atoms with Crippen LogP contribution in [0.3, 0.4) is 0 Å². The molecule has 0 aliphatic carbocycles. The molecule has 0 saturated carbocycles. The van der Waals surface area contributed by atoms with Gasteiger partial charge in [0.2, 0.25) is 0 Å². The number of quaternary nitrogens is 1. The lowest BCUT2D eigenvalue weighted by atomic mass is 10.4. The lowest BCUT2D eigenvalue weighted by Crippen LogP contribution is -2.45. The summed E-state index contributed by atoms with van der Waals surface area (Å²) in [7, 11) is -4.93. The molecule has 0 aliphatic rings. The molecule has 324 valence electrons. The molecule has 0 amide bonds. The van der Waals surface area contributed by atoms with Gasteiger partial charge in [-0.3, -0.25) is 9.59 Å². The molecule has 0 rings (SSSR count). The maximum atomic E-state index is 12.0. The summed E-state index contributed by atoms with van der Waals surface area (Å²) in [6.45, 7) is 4.43. The van der Waals surface area contributed by atoms with Gasteiger partial charge in [0.15, 0.2) is 20.0 Å². The van der Waals surface area contributed by atoms with Gasteiger partial charge in [-0.15, -0.1) is 0 Å². The van der Waals surface area contributed by atoms with Gasteiger partial charge in [0.05, 0.1) is 26.9 Å². The predicted octanol–water partition coefficient (Wildman–Crippen LogP) is 1.70. The first kappa shape index (κ1) is 54.6. The highest BCUT2D eigenvalue weighted by atomic mass is 32.3. The zero-order valence-corrected chi connectivity index (χ0v) is 35.2. The van der Waals surface area contributed by atoms with E-state index in [1.54, 1.807) is 42.7 Å². The lowest BCUT2D eigenvalue weighted by Gasteiger charge is -2.29. The van der Waals surface area contributed by atoms with E-state index in [9.17, 15) is 52.8 Å². The molecule has 0 atom stereocenters. The Labute approximate surface area is 315 Å². The van der Waals surface area contributed by atoms with Crippen molar-refractivity contribution in [3.05, 3.63) is 4.13 Å². The number of halogens is 6. The molecular formula is C26H54F6N4O14S2Si2. The number of ether oxygens (including phenoxy) is 2. The van der Waals surface area contributed by atoms with Crippen molar-refractivity contribution in [3.63, 3.8) is 0 Å². The largest absolute Gasteiger partial charge is 0.500 e. The topological polar surface area (TPSA) is 214 Å². The van der Waals surface area contributed by atoms with Crippen LogP contribution in [0.5, 0.6) is 0 Å². The molecule has 0 bridgehead atoms. The minimum atomic E-state index is -6.72. The van der Waals surface area contributed by atoms with Gasteiger partial charge in [-0.25, -0.2) is 16.8 Å². The van der Waals surface area contributed by atoms with E-state index in [2.05, 4.69) is 10.6 Å². The number of carbonyl (C=O) groups is 2. The molecule has 0 aromatic heterocycles. The fourth-order valence-corrected chi connectivity index (χ4v) is 9.04. The highest BCUT2D eigenvalue weighted by Gasteiger charge is 2.47. The van der Waals surface area contributed by atoms with Gasteiger partial charge in [0.25, 0.3) is 0 Å². The Kier molecular flexibility index (Phi) is 25.9. The molecule has 28 heteroatoms. The SMILES string of the molecule is CO[Si](CCCNCCC(=O)OCC[N+](C)(C)CCOC(=O)CCNCCC[Si](OC)(OC)OC)(OC)OC.O=S(=O)([N-]S(=O)(=O)C(F)(F)F)C(F)(F)F. The zero-order chi connectivity index (χ0) is 42.3. The third-order valence-electron chi connectivity index (χ3n) is 7.25. The Balaban J connectivity index is 0. The van der Waals surface area contributed by atoms with Gasteiger partial charge in [0.1, 0.15) is 26.3 Å². The zero-order valence-electron chi connectivity index (χ0n) is 31.6. The van der Waals surface area contributed by atoms with Crippen LogP contribution in [-0.2, 0) is 65.7 Å². The second kappa shape index (κ2) is 25.7. The van der Waals surface area contributed by atoms with Crippen molar-refractivity contribution in [2.45, 2.75) is 48.8 Å². The van der Waals surface area contributed by atoms with Crippen molar-refractivity contribution in [1.82, 2.24) is 10.6 Å². The van der Waals surface area contributed by atoms with E-state index in [1.165, 1.54) is 0 Å². The number of alkyl halides is 6. The Morgan fingerprint density at radius 2 is 0.889 bits per heavy atom. The van der Waals surface area contributed by atoms with Crippen LogP contribution >= 0.6 is 0 Å². The van der Waals surface area contributed by atoms with Crippen molar-refractivity contribution < 1.29 is 93.3 Å². The fourth-order valence-electron chi connectivity index (χ4n) is 3.89. The number of nitrogens with one attached hydrogen (secondary N) is 2. The molecule has 0 heterocycles. The molecular weight excluding hydrogens is 827 g/mol. The Hall–Kier alpha value is -1.55. The van der Waals surface area contributed by atoms with Gasteiger partial charge in [-0.1, -0.05) is 0 Å². The smallest absolute Gasteiger partial charge is 0.460 e. The van der Waals surface area contributed by atoms with Crippen LogP contribution in [-0.4, -0.2) is 171 Å². The van der Waals surface area contributed by atoms with Gasteiger partial charge < -0.3 is 55.3 Å². The van der Waals surface area contributed by atoms with E-state index in [0.717, 1.165) is 30.1 Å². The van der Waals surface area contributed by atoms with E-state index in [4.69, 9.17) is 36.0 Å². The molecule has 2 N–H and O–H groups in total. The summed E-state index contributed by atoms with van der Waals surface area (Å²) < 4.78 is 153. The van der Waals surface area contributed by atoms with E-state index >= 15 is 0 Å². The second-order valence-electron chi connectivity index (χ2n) is 11.5. The quantitative estimate of drug-likeness (QED) is 0.0376. The number of esters is 2. The summed E-state index contributed by atoms with van der Waals surface area (Å²) in [4.78, 5) is 24.0.